The predicted molar refractivity (Wildman–Crippen MR) is 76.5 cm³/mol. The molecule has 1 aromatic carbocycles. The number of hydrogen-bond acceptors (Lipinski definition) is 4. The first-order valence-electron chi connectivity index (χ1n) is 6.94. The van der Waals surface area contributed by atoms with Crippen LogP contribution < -0.4 is 10.1 Å². The molecule has 0 aliphatic heterocycles. The molecular weight excluding hydrogens is 242 g/mol. The minimum Gasteiger partial charge on any atom is -0.504 e. The molecule has 0 saturated carbocycles. The van der Waals surface area contributed by atoms with Crippen LogP contribution in [0, 0.1) is 5.92 Å². The van der Waals surface area contributed by atoms with Crippen molar-refractivity contribution in [2.75, 3.05) is 19.8 Å². The largest absolute Gasteiger partial charge is 0.504 e. The van der Waals surface area contributed by atoms with E-state index in [1.165, 1.54) is 0 Å². The van der Waals surface area contributed by atoms with Crippen LogP contribution in [0.15, 0.2) is 18.2 Å². The number of nitrogens with one attached hydrogen (secondary N) is 1. The Bertz CT molecular complexity index is 368. The van der Waals surface area contributed by atoms with Gasteiger partial charge in [-0.1, -0.05) is 19.1 Å². The average Bonchev–Trinajstić information content (AvgIpc) is 2.42. The van der Waals surface area contributed by atoms with E-state index in [0.29, 0.717) is 24.8 Å². The Balaban J connectivity index is 2.35. The fourth-order valence-electron chi connectivity index (χ4n) is 1.87. The molecule has 0 radical (unpaired) electrons. The zero-order valence-electron chi connectivity index (χ0n) is 11.9. The van der Waals surface area contributed by atoms with Crippen LogP contribution in [0.5, 0.6) is 11.5 Å². The molecule has 4 heteroatoms. The third-order valence-electron chi connectivity index (χ3n) is 3.06. The highest BCUT2D eigenvalue weighted by Crippen LogP contribution is 2.29. The number of rotatable bonds is 9. The SMILES string of the molecule is CCOc1cccc(CNCCCC(C)CO)c1O. The highest BCUT2D eigenvalue weighted by molar-refractivity contribution is 5.45. The quantitative estimate of drug-likeness (QED) is 0.601. The average molecular weight is 267 g/mol. The topological polar surface area (TPSA) is 61.7 Å². The van der Waals surface area contributed by atoms with Crippen molar-refractivity contribution in [1.29, 1.82) is 0 Å². The van der Waals surface area contributed by atoms with Gasteiger partial charge in [0.15, 0.2) is 11.5 Å². The molecule has 3 N–H and O–H groups in total. The first-order chi connectivity index (χ1) is 9.19. The van der Waals surface area contributed by atoms with Crippen LogP contribution in [0.4, 0.5) is 0 Å². The van der Waals surface area contributed by atoms with Crippen LogP contribution in [0.25, 0.3) is 0 Å². The smallest absolute Gasteiger partial charge is 0.162 e. The highest BCUT2D eigenvalue weighted by atomic mass is 16.5. The molecule has 1 rings (SSSR count). The fraction of sp³-hybridized carbons (Fsp3) is 0.600. The van der Waals surface area contributed by atoms with Crippen LogP contribution in [0.1, 0.15) is 32.3 Å². The van der Waals surface area contributed by atoms with Gasteiger partial charge in [-0.25, -0.2) is 0 Å². The van der Waals surface area contributed by atoms with Crippen molar-refractivity contribution in [1.82, 2.24) is 5.32 Å². The zero-order chi connectivity index (χ0) is 14.1. The van der Waals surface area contributed by atoms with Crippen LogP contribution in [-0.4, -0.2) is 30.0 Å². The molecule has 0 amide bonds. The van der Waals surface area contributed by atoms with Gasteiger partial charge < -0.3 is 20.3 Å². The van der Waals surface area contributed by atoms with E-state index in [0.717, 1.165) is 24.9 Å². The molecule has 0 spiro atoms. The lowest BCUT2D eigenvalue weighted by Gasteiger charge is -2.11. The van der Waals surface area contributed by atoms with E-state index in [4.69, 9.17) is 9.84 Å². The third kappa shape index (κ3) is 5.49. The van der Waals surface area contributed by atoms with Crippen LogP contribution in [-0.2, 0) is 6.54 Å². The number of ether oxygens (including phenoxy) is 1. The summed E-state index contributed by atoms with van der Waals surface area (Å²) in [4.78, 5) is 0. The summed E-state index contributed by atoms with van der Waals surface area (Å²) in [5, 5.41) is 22.2. The molecule has 1 atom stereocenters. The molecule has 19 heavy (non-hydrogen) atoms. The summed E-state index contributed by atoms with van der Waals surface area (Å²) in [6.45, 7) is 6.23. The summed E-state index contributed by atoms with van der Waals surface area (Å²) in [5.41, 5.74) is 0.848. The van der Waals surface area contributed by atoms with E-state index in [1.807, 2.05) is 26.0 Å². The van der Waals surface area contributed by atoms with Gasteiger partial charge in [0.05, 0.1) is 6.61 Å². The Morgan fingerprint density at radius 3 is 2.84 bits per heavy atom. The van der Waals surface area contributed by atoms with Crippen molar-refractivity contribution in [2.24, 2.45) is 5.92 Å². The van der Waals surface area contributed by atoms with E-state index >= 15 is 0 Å². The van der Waals surface area contributed by atoms with Gasteiger partial charge >= 0.3 is 0 Å². The summed E-state index contributed by atoms with van der Waals surface area (Å²) in [5.74, 6) is 1.12. The molecule has 1 aromatic rings. The number of phenols is 1. The van der Waals surface area contributed by atoms with Gasteiger partial charge in [-0.15, -0.1) is 0 Å². The number of benzene rings is 1. The van der Waals surface area contributed by atoms with Crippen molar-refractivity contribution in [3.8, 4) is 11.5 Å². The monoisotopic (exact) mass is 267 g/mol. The molecule has 0 fully saturated rings. The maximum Gasteiger partial charge on any atom is 0.162 e. The second-order valence-corrected chi connectivity index (χ2v) is 4.80. The van der Waals surface area contributed by atoms with E-state index in [9.17, 15) is 5.11 Å². The lowest BCUT2D eigenvalue weighted by molar-refractivity contribution is 0.228. The maximum atomic E-state index is 10.0. The van der Waals surface area contributed by atoms with Gasteiger partial charge in [0.2, 0.25) is 0 Å². The summed E-state index contributed by atoms with van der Waals surface area (Å²) >= 11 is 0. The number of phenolic OH excluding ortho intramolecular Hbond substituents is 1. The number of hydrogen-bond donors (Lipinski definition) is 3. The standard InChI is InChI=1S/C15H25NO3/c1-3-19-14-8-4-7-13(15(14)18)10-16-9-5-6-12(2)11-17/h4,7-8,12,16-18H,3,5-6,9-11H2,1-2H3. The lowest BCUT2D eigenvalue weighted by Crippen LogP contribution is -2.16. The Morgan fingerprint density at radius 2 is 2.16 bits per heavy atom. The molecule has 0 heterocycles. The summed E-state index contributed by atoms with van der Waals surface area (Å²) in [6, 6.07) is 5.54. The predicted octanol–water partition coefficient (Wildman–Crippen LogP) is 2.29. The van der Waals surface area contributed by atoms with Gasteiger partial charge in [-0.3, -0.25) is 0 Å². The zero-order valence-corrected chi connectivity index (χ0v) is 11.9. The molecule has 0 aromatic heterocycles. The second-order valence-electron chi connectivity index (χ2n) is 4.80. The Hall–Kier alpha value is -1.26. The third-order valence-corrected chi connectivity index (χ3v) is 3.06. The molecule has 0 bridgehead atoms. The van der Waals surface area contributed by atoms with Crippen molar-refractivity contribution >= 4 is 0 Å². The van der Waals surface area contributed by atoms with Gasteiger partial charge in [0.25, 0.3) is 0 Å². The minimum absolute atomic E-state index is 0.223. The second kappa shape index (κ2) is 8.77. The summed E-state index contributed by atoms with van der Waals surface area (Å²) in [6.07, 6.45) is 2.03. The lowest BCUT2D eigenvalue weighted by atomic mass is 10.1. The molecule has 108 valence electrons. The minimum atomic E-state index is 0.223. The Labute approximate surface area is 115 Å². The Morgan fingerprint density at radius 1 is 1.37 bits per heavy atom. The van der Waals surface area contributed by atoms with Gasteiger partial charge in [0.1, 0.15) is 0 Å². The molecule has 4 nitrogen and oxygen atoms in total. The normalized spacial score (nSPS) is 12.4. The van der Waals surface area contributed by atoms with Crippen molar-refractivity contribution in [3.05, 3.63) is 23.8 Å². The first-order valence-corrected chi connectivity index (χ1v) is 6.94. The Kier molecular flexibility index (Phi) is 7.30. The number of para-hydroxylation sites is 1. The van der Waals surface area contributed by atoms with Crippen LogP contribution >= 0.6 is 0 Å². The van der Waals surface area contributed by atoms with Gasteiger partial charge in [0, 0.05) is 18.7 Å². The summed E-state index contributed by atoms with van der Waals surface area (Å²) < 4.78 is 5.35. The van der Waals surface area contributed by atoms with E-state index in [1.54, 1.807) is 6.07 Å². The molecule has 0 saturated heterocycles. The molecule has 0 aliphatic carbocycles. The van der Waals surface area contributed by atoms with E-state index in [2.05, 4.69) is 5.32 Å². The number of aromatic hydroxyl groups is 1. The van der Waals surface area contributed by atoms with E-state index < -0.39 is 0 Å². The van der Waals surface area contributed by atoms with E-state index in [-0.39, 0.29) is 12.4 Å². The number of aliphatic hydroxyl groups excluding tert-OH is 1. The van der Waals surface area contributed by atoms with Crippen molar-refractivity contribution in [2.45, 2.75) is 33.2 Å². The maximum absolute atomic E-state index is 10.0. The molecule has 1 unspecified atom stereocenters. The van der Waals surface area contributed by atoms with Crippen molar-refractivity contribution < 1.29 is 14.9 Å². The summed E-state index contributed by atoms with van der Waals surface area (Å²) in [7, 11) is 0. The van der Waals surface area contributed by atoms with Crippen LogP contribution in [0.2, 0.25) is 0 Å². The molecular formula is C15H25NO3. The first kappa shape index (κ1) is 15.8. The van der Waals surface area contributed by atoms with Crippen LogP contribution in [0.3, 0.4) is 0 Å². The molecule has 0 aliphatic rings. The fourth-order valence-corrected chi connectivity index (χ4v) is 1.87. The van der Waals surface area contributed by atoms with Gasteiger partial charge in [-0.05, 0) is 38.3 Å². The van der Waals surface area contributed by atoms with Gasteiger partial charge in [-0.2, -0.15) is 0 Å². The van der Waals surface area contributed by atoms with Crippen molar-refractivity contribution in [3.63, 3.8) is 0 Å². The highest BCUT2D eigenvalue weighted by Gasteiger charge is 2.07. The number of aliphatic hydroxyl groups is 1.